The zero-order valence-electron chi connectivity index (χ0n) is 13.1. The van der Waals surface area contributed by atoms with Crippen molar-refractivity contribution >= 4 is 45.3 Å². The average Bonchev–Trinajstić information content (AvgIpc) is 3.05. The number of rotatable bonds is 5. The van der Waals surface area contributed by atoms with Gasteiger partial charge in [-0.2, -0.15) is 0 Å². The molecule has 1 aromatic heterocycles. The topological polar surface area (TPSA) is 57.0 Å². The molecule has 0 saturated carbocycles. The van der Waals surface area contributed by atoms with E-state index >= 15 is 0 Å². The number of carbonyl (C=O) groups excluding carboxylic acids is 1. The highest BCUT2D eigenvalue weighted by molar-refractivity contribution is 9.10. The Morgan fingerprint density at radius 1 is 1.20 bits per heavy atom. The maximum Gasteiger partial charge on any atom is 0.334 e. The van der Waals surface area contributed by atoms with Crippen molar-refractivity contribution < 1.29 is 9.53 Å². The van der Waals surface area contributed by atoms with Crippen molar-refractivity contribution in [3.05, 3.63) is 59.1 Å². The summed E-state index contributed by atoms with van der Waals surface area (Å²) in [5, 5.41) is 9.03. The van der Waals surface area contributed by atoms with Crippen LogP contribution in [-0.4, -0.2) is 32.6 Å². The summed E-state index contributed by atoms with van der Waals surface area (Å²) in [4.78, 5) is 11.6. The second-order valence-electron chi connectivity index (χ2n) is 4.94. The molecule has 0 aliphatic rings. The number of hydrogen-bond donors (Lipinski definition) is 0. The maximum absolute atomic E-state index is 11.6. The number of para-hydroxylation sites is 1. The number of halogens is 2. The zero-order chi connectivity index (χ0) is 17.8. The van der Waals surface area contributed by atoms with Crippen LogP contribution in [0.25, 0.3) is 17.1 Å². The SMILES string of the molecule is COC(=O)C(Cl)Sc1nnc(-c2cccc(Br)c2)n1-c1ccccc1. The fourth-order valence-electron chi connectivity index (χ4n) is 2.20. The van der Waals surface area contributed by atoms with Gasteiger partial charge >= 0.3 is 5.97 Å². The van der Waals surface area contributed by atoms with Crippen LogP contribution in [0.1, 0.15) is 0 Å². The van der Waals surface area contributed by atoms with E-state index in [4.69, 9.17) is 11.6 Å². The molecular formula is C17H13BrClN3O2S. The van der Waals surface area contributed by atoms with Crippen LogP contribution >= 0.6 is 39.3 Å². The first-order valence-electron chi connectivity index (χ1n) is 7.25. The van der Waals surface area contributed by atoms with Crippen LogP contribution in [0.4, 0.5) is 0 Å². The van der Waals surface area contributed by atoms with Crippen molar-refractivity contribution in [2.24, 2.45) is 0 Å². The molecule has 0 bridgehead atoms. The summed E-state index contributed by atoms with van der Waals surface area (Å²) in [7, 11) is 1.30. The molecule has 3 rings (SSSR count). The highest BCUT2D eigenvalue weighted by atomic mass is 79.9. The summed E-state index contributed by atoms with van der Waals surface area (Å²) in [6.45, 7) is 0. The third-order valence-corrected chi connectivity index (χ3v) is 5.14. The second kappa shape index (κ2) is 8.03. The van der Waals surface area contributed by atoms with Gasteiger partial charge in [0.05, 0.1) is 7.11 Å². The smallest absolute Gasteiger partial charge is 0.334 e. The van der Waals surface area contributed by atoms with Crippen LogP contribution in [-0.2, 0) is 9.53 Å². The standard InChI is InChI=1S/C17H13BrClN3O2S/c1-24-16(23)14(19)25-17-21-20-15(11-6-5-7-12(18)10-11)22(17)13-8-3-2-4-9-13/h2-10,14H,1H3. The molecule has 0 saturated heterocycles. The van der Waals surface area contributed by atoms with Crippen LogP contribution in [0.3, 0.4) is 0 Å². The Labute approximate surface area is 162 Å². The van der Waals surface area contributed by atoms with Gasteiger partial charge in [0.25, 0.3) is 0 Å². The molecule has 0 spiro atoms. The predicted octanol–water partition coefficient (Wildman–Crippen LogP) is 4.53. The Morgan fingerprint density at radius 3 is 2.64 bits per heavy atom. The number of benzene rings is 2. The minimum Gasteiger partial charge on any atom is -0.467 e. The Bertz CT molecular complexity index is 889. The van der Waals surface area contributed by atoms with Crippen molar-refractivity contribution in [3.63, 3.8) is 0 Å². The monoisotopic (exact) mass is 437 g/mol. The number of aromatic nitrogens is 3. The number of hydrogen-bond acceptors (Lipinski definition) is 5. The molecule has 1 heterocycles. The minimum absolute atomic E-state index is 0.506. The van der Waals surface area contributed by atoms with Crippen molar-refractivity contribution in [3.8, 4) is 17.1 Å². The van der Waals surface area contributed by atoms with E-state index in [1.165, 1.54) is 7.11 Å². The molecule has 1 atom stereocenters. The van der Waals surface area contributed by atoms with Crippen molar-refractivity contribution in [1.29, 1.82) is 0 Å². The van der Waals surface area contributed by atoms with Crippen LogP contribution in [0.2, 0.25) is 0 Å². The van der Waals surface area contributed by atoms with E-state index in [-0.39, 0.29) is 0 Å². The lowest BCUT2D eigenvalue weighted by molar-refractivity contribution is -0.138. The molecule has 5 nitrogen and oxygen atoms in total. The Hall–Kier alpha value is -1.83. The molecular weight excluding hydrogens is 426 g/mol. The van der Waals surface area contributed by atoms with E-state index in [1.54, 1.807) is 0 Å². The van der Waals surface area contributed by atoms with Crippen LogP contribution < -0.4 is 0 Å². The van der Waals surface area contributed by atoms with E-state index in [0.717, 1.165) is 27.5 Å². The largest absolute Gasteiger partial charge is 0.467 e. The lowest BCUT2D eigenvalue weighted by atomic mass is 10.2. The predicted molar refractivity (Wildman–Crippen MR) is 102 cm³/mol. The highest BCUT2D eigenvalue weighted by Gasteiger charge is 2.23. The first-order chi connectivity index (χ1) is 12.1. The number of alkyl halides is 1. The summed E-state index contributed by atoms with van der Waals surface area (Å²) >= 11 is 10.7. The van der Waals surface area contributed by atoms with Gasteiger partial charge in [-0.15, -0.1) is 10.2 Å². The first-order valence-corrected chi connectivity index (χ1v) is 9.36. The van der Waals surface area contributed by atoms with Gasteiger partial charge in [0.1, 0.15) is 0 Å². The molecule has 128 valence electrons. The van der Waals surface area contributed by atoms with E-state index < -0.39 is 10.7 Å². The highest BCUT2D eigenvalue weighted by Crippen LogP contribution is 2.32. The van der Waals surface area contributed by atoms with Crippen LogP contribution in [0.5, 0.6) is 0 Å². The first kappa shape index (κ1) is 18.0. The van der Waals surface area contributed by atoms with Gasteiger partial charge in [0.15, 0.2) is 15.7 Å². The van der Waals surface area contributed by atoms with Gasteiger partial charge < -0.3 is 4.74 Å². The summed E-state index contributed by atoms with van der Waals surface area (Å²) in [6, 6.07) is 17.4. The van der Waals surface area contributed by atoms with Gasteiger partial charge in [-0.05, 0) is 24.3 Å². The lowest BCUT2D eigenvalue weighted by Gasteiger charge is -2.11. The maximum atomic E-state index is 11.6. The summed E-state index contributed by atoms with van der Waals surface area (Å²) in [5.41, 5.74) is 1.76. The normalized spacial score (nSPS) is 12.0. The van der Waals surface area contributed by atoms with Gasteiger partial charge in [-0.3, -0.25) is 4.57 Å². The molecule has 8 heteroatoms. The van der Waals surface area contributed by atoms with E-state index in [2.05, 4.69) is 30.9 Å². The molecule has 0 N–H and O–H groups in total. The van der Waals surface area contributed by atoms with Gasteiger partial charge in [0.2, 0.25) is 0 Å². The van der Waals surface area contributed by atoms with Crippen LogP contribution in [0.15, 0.2) is 64.2 Å². The third-order valence-electron chi connectivity index (χ3n) is 3.33. The molecule has 0 amide bonds. The lowest BCUT2D eigenvalue weighted by Crippen LogP contribution is -2.13. The van der Waals surface area contributed by atoms with Gasteiger partial charge in [0, 0.05) is 15.7 Å². The van der Waals surface area contributed by atoms with Gasteiger partial charge in [-0.25, -0.2) is 4.79 Å². The summed E-state index contributed by atoms with van der Waals surface area (Å²) < 4.78 is 6.57. The van der Waals surface area contributed by atoms with Crippen molar-refractivity contribution in [2.75, 3.05) is 7.11 Å². The third kappa shape index (κ3) is 4.05. The van der Waals surface area contributed by atoms with E-state index in [1.807, 2.05) is 59.2 Å². The number of ether oxygens (including phenoxy) is 1. The van der Waals surface area contributed by atoms with Crippen molar-refractivity contribution in [2.45, 2.75) is 9.87 Å². The number of nitrogens with zero attached hydrogens (tertiary/aromatic N) is 3. The number of thioether (sulfide) groups is 1. The number of methoxy groups -OCH3 is 1. The molecule has 0 aliphatic carbocycles. The van der Waals surface area contributed by atoms with Crippen molar-refractivity contribution in [1.82, 2.24) is 14.8 Å². The molecule has 1 unspecified atom stereocenters. The Kier molecular flexibility index (Phi) is 5.78. The number of esters is 1. The van der Waals surface area contributed by atoms with Crippen LogP contribution in [0, 0.1) is 0 Å². The fourth-order valence-corrected chi connectivity index (χ4v) is 3.69. The average molecular weight is 439 g/mol. The molecule has 0 radical (unpaired) electrons. The molecule has 0 fully saturated rings. The summed E-state index contributed by atoms with van der Waals surface area (Å²) in [5.74, 6) is 0.127. The molecule has 0 aliphatic heterocycles. The van der Waals surface area contributed by atoms with E-state index in [0.29, 0.717) is 11.0 Å². The van der Waals surface area contributed by atoms with E-state index in [9.17, 15) is 4.79 Å². The quantitative estimate of drug-likeness (QED) is 0.333. The minimum atomic E-state index is -0.910. The Balaban J connectivity index is 2.09. The zero-order valence-corrected chi connectivity index (χ0v) is 16.3. The van der Waals surface area contributed by atoms with Gasteiger partial charge in [-0.1, -0.05) is 69.6 Å². The number of carbonyl (C=O) groups is 1. The molecule has 2 aromatic carbocycles. The summed E-state index contributed by atoms with van der Waals surface area (Å²) in [6.07, 6.45) is 0. The molecule has 3 aromatic rings. The Morgan fingerprint density at radius 2 is 1.96 bits per heavy atom. The fraction of sp³-hybridized carbons (Fsp3) is 0.118. The molecule has 25 heavy (non-hydrogen) atoms. The second-order valence-corrected chi connectivity index (χ2v) is 7.63.